The van der Waals surface area contributed by atoms with Gasteiger partial charge in [0.25, 0.3) is 0 Å². The summed E-state index contributed by atoms with van der Waals surface area (Å²) in [7, 11) is -3.79. The number of anilines is 1. The molecule has 6 nitrogen and oxygen atoms in total. The number of nitrogens with one attached hydrogen (secondary N) is 1. The third-order valence-corrected chi connectivity index (χ3v) is 6.06. The number of rotatable bonds is 6. The zero-order valence-electron chi connectivity index (χ0n) is 15.1. The quantitative estimate of drug-likeness (QED) is 0.792. The van der Waals surface area contributed by atoms with Crippen molar-refractivity contribution in [3.63, 3.8) is 0 Å². The Kier molecular flexibility index (Phi) is 6.25. The molecule has 0 aliphatic carbocycles. The van der Waals surface area contributed by atoms with Gasteiger partial charge in [-0.3, -0.25) is 4.79 Å². The van der Waals surface area contributed by atoms with Crippen LogP contribution in [0.5, 0.6) is 0 Å². The summed E-state index contributed by atoms with van der Waals surface area (Å²) in [5.41, 5.74) is 0.515. The minimum absolute atomic E-state index is 0.0140. The molecule has 2 aromatic rings. The highest BCUT2D eigenvalue weighted by Gasteiger charge is 2.23. The van der Waals surface area contributed by atoms with Gasteiger partial charge in [0.05, 0.1) is 10.6 Å². The Hall–Kier alpha value is -2.52. The van der Waals surface area contributed by atoms with E-state index in [1.165, 1.54) is 18.2 Å². The van der Waals surface area contributed by atoms with Crippen LogP contribution in [0.15, 0.2) is 53.4 Å². The summed E-state index contributed by atoms with van der Waals surface area (Å²) in [5.74, 6) is -0.990. The number of benzene rings is 2. The van der Waals surface area contributed by atoms with Crippen LogP contribution in [-0.4, -0.2) is 51.9 Å². The van der Waals surface area contributed by atoms with Gasteiger partial charge in [-0.2, -0.15) is 0 Å². The second kappa shape index (κ2) is 8.66. The van der Waals surface area contributed by atoms with Gasteiger partial charge in [0.15, 0.2) is 0 Å². The van der Waals surface area contributed by atoms with Gasteiger partial charge in [0.1, 0.15) is 11.6 Å². The molecular formula is C19H21F2N3O3S. The van der Waals surface area contributed by atoms with Crippen molar-refractivity contribution in [3.8, 4) is 0 Å². The molecule has 0 atom stereocenters. The van der Waals surface area contributed by atoms with E-state index in [4.69, 9.17) is 0 Å². The molecule has 9 heteroatoms. The molecule has 1 aliphatic heterocycles. The van der Waals surface area contributed by atoms with E-state index in [0.29, 0.717) is 31.9 Å². The maximum Gasteiger partial charge on any atom is 0.240 e. The van der Waals surface area contributed by atoms with E-state index >= 15 is 0 Å². The molecule has 1 saturated heterocycles. The highest BCUT2D eigenvalue weighted by molar-refractivity contribution is 7.89. The van der Waals surface area contributed by atoms with Crippen LogP contribution in [0.4, 0.5) is 14.5 Å². The zero-order chi connectivity index (χ0) is 20.1. The van der Waals surface area contributed by atoms with Crippen LogP contribution < -0.4 is 9.62 Å². The predicted octanol–water partition coefficient (Wildman–Crippen LogP) is 1.98. The molecule has 0 bridgehead atoms. The number of nitrogens with zero attached hydrogens (tertiary/aromatic N) is 2. The van der Waals surface area contributed by atoms with Crippen molar-refractivity contribution in [3.05, 3.63) is 60.2 Å². The maximum absolute atomic E-state index is 13.9. The summed E-state index contributed by atoms with van der Waals surface area (Å²) in [5, 5.41) is 0. The average Bonchev–Trinajstić information content (AvgIpc) is 2.68. The third kappa shape index (κ3) is 4.85. The maximum atomic E-state index is 13.9. The standard InChI is InChI=1S/C19H21F2N3O3S/c20-15-5-7-16(8-6-15)28(26,27)22-10-9-19(25)24-13-11-23(12-14-24)18-4-2-1-3-17(18)21/h1-8,22H,9-14H2. The van der Waals surface area contributed by atoms with Crippen LogP contribution >= 0.6 is 0 Å². The Labute approximate surface area is 162 Å². The van der Waals surface area contributed by atoms with Gasteiger partial charge in [-0.25, -0.2) is 21.9 Å². The monoisotopic (exact) mass is 409 g/mol. The second-order valence-corrected chi connectivity index (χ2v) is 8.19. The molecule has 0 aromatic heterocycles. The molecule has 0 unspecified atom stereocenters. The lowest BCUT2D eigenvalue weighted by molar-refractivity contribution is -0.131. The van der Waals surface area contributed by atoms with E-state index in [1.54, 1.807) is 23.1 Å². The summed E-state index contributed by atoms with van der Waals surface area (Å²) in [6.45, 7) is 1.85. The fraction of sp³-hybridized carbons (Fsp3) is 0.316. The largest absolute Gasteiger partial charge is 0.366 e. The van der Waals surface area contributed by atoms with E-state index in [-0.39, 0.29) is 29.6 Å². The van der Waals surface area contributed by atoms with Crippen molar-refractivity contribution >= 4 is 21.6 Å². The Balaban J connectivity index is 1.47. The van der Waals surface area contributed by atoms with E-state index in [2.05, 4.69) is 4.72 Å². The first-order valence-electron chi connectivity index (χ1n) is 8.89. The average molecular weight is 409 g/mol. The summed E-state index contributed by atoms with van der Waals surface area (Å²) in [6, 6.07) is 11.0. The lowest BCUT2D eigenvalue weighted by Crippen LogP contribution is -2.49. The van der Waals surface area contributed by atoms with Crippen molar-refractivity contribution in [2.24, 2.45) is 0 Å². The molecule has 2 aromatic carbocycles. The SMILES string of the molecule is O=C(CCNS(=O)(=O)c1ccc(F)cc1)N1CCN(c2ccccc2F)CC1. The molecule has 1 aliphatic rings. The summed E-state index contributed by atoms with van der Waals surface area (Å²) < 4.78 is 53.4. The Bertz CT molecular complexity index is 928. The number of sulfonamides is 1. The van der Waals surface area contributed by atoms with Crippen molar-refractivity contribution < 1.29 is 22.0 Å². The summed E-state index contributed by atoms with van der Waals surface area (Å²) in [4.78, 5) is 15.8. The van der Waals surface area contributed by atoms with Crippen LogP contribution in [-0.2, 0) is 14.8 Å². The van der Waals surface area contributed by atoms with Gasteiger partial charge in [-0.1, -0.05) is 12.1 Å². The first-order valence-corrected chi connectivity index (χ1v) is 10.4. The number of carbonyl (C=O) groups is 1. The topological polar surface area (TPSA) is 69.7 Å². The normalized spacial score (nSPS) is 14.9. The number of hydrogen-bond acceptors (Lipinski definition) is 4. The Morgan fingerprint density at radius 3 is 2.25 bits per heavy atom. The molecule has 1 N–H and O–H groups in total. The van der Waals surface area contributed by atoms with Crippen LogP contribution in [0.1, 0.15) is 6.42 Å². The Morgan fingerprint density at radius 2 is 1.61 bits per heavy atom. The van der Waals surface area contributed by atoms with Gasteiger partial charge in [-0.05, 0) is 36.4 Å². The first kappa shape index (κ1) is 20.2. The number of piperazine rings is 1. The fourth-order valence-electron chi connectivity index (χ4n) is 3.05. The van der Waals surface area contributed by atoms with Crippen LogP contribution in [0.3, 0.4) is 0 Å². The van der Waals surface area contributed by atoms with Crippen molar-refractivity contribution in [2.45, 2.75) is 11.3 Å². The van der Waals surface area contributed by atoms with Crippen LogP contribution in [0, 0.1) is 11.6 Å². The van der Waals surface area contributed by atoms with E-state index in [1.807, 2.05) is 4.90 Å². The molecule has 150 valence electrons. The lowest BCUT2D eigenvalue weighted by atomic mass is 10.2. The highest BCUT2D eigenvalue weighted by atomic mass is 32.2. The van der Waals surface area contributed by atoms with Gasteiger partial charge < -0.3 is 9.80 Å². The zero-order valence-corrected chi connectivity index (χ0v) is 16.0. The third-order valence-electron chi connectivity index (χ3n) is 4.58. The van der Waals surface area contributed by atoms with Gasteiger partial charge in [0.2, 0.25) is 15.9 Å². The van der Waals surface area contributed by atoms with Crippen molar-refractivity contribution in [2.75, 3.05) is 37.6 Å². The molecule has 1 amide bonds. The van der Waals surface area contributed by atoms with Gasteiger partial charge in [-0.15, -0.1) is 0 Å². The highest BCUT2D eigenvalue weighted by Crippen LogP contribution is 2.20. The summed E-state index contributed by atoms with van der Waals surface area (Å²) in [6.07, 6.45) is 0.0140. The van der Waals surface area contributed by atoms with E-state index < -0.39 is 15.8 Å². The van der Waals surface area contributed by atoms with Crippen LogP contribution in [0.25, 0.3) is 0 Å². The van der Waals surface area contributed by atoms with Crippen molar-refractivity contribution in [1.82, 2.24) is 9.62 Å². The first-order chi connectivity index (χ1) is 13.4. The number of amides is 1. The molecular weight excluding hydrogens is 388 g/mol. The summed E-state index contributed by atoms with van der Waals surface area (Å²) >= 11 is 0. The molecule has 0 radical (unpaired) electrons. The lowest BCUT2D eigenvalue weighted by Gasteiger charge is -2.36. The van der Waals surface area contributed by atoms with E-state index in [0.717, 1.165) is 12.1 Å². The fourth-order valence-corrected chi connectivity index (χ4v) is 4.08. The minimum Gasteiger partial charge on any atom is -0.366 e. The number of para-hydroxylation sites is 1. The molecule has 28 heavy (non-hydrogen) atoms. The molecule has 3 rings (SSSR count). The van der Waals surface area contributed by atoms with E-state index in [9.17, 15) is 22.0 Å². The Morgan fingerprint density at radius 1 is 0.964 bits per heavy atom. The molecule has 0 saturated carbocycles. The molecule has 1 fully saturated rings. The number of halogens is 2. The molecule has 1 heterocycles. The minimum atomic E-state index is -3.79. The number of carbonyl (C=O) groups excluding carboxylic acids is 1. The molecule has 0 spiro atoms. The second-order valence-electron chi connectivity index (χ2n) is 6.42. The smallest absolute Gasteiger partial charge is 0.240 e. The predicted molar refractivity (Wildman–Crippen MR) is 101 cm³/mol. The number of hydrogen-bond donors (Lipinski definition) is 1. The van der Waals surface area contributed by atoms with Gasteiger partial charge in [0, 0.05) is 39.1 Å². The van der Waals surface area contributed by atoms with Gasteiger partial charge >= 0.3 is 0 Å². The van der Waals surface area contributed by atoms with Crippen molar-refractivity contribution in [1.29, 1.82) is 0 Å². The van der Waals surface area contributed by atoms with Crippen LogP contribution in [0.2, 0.25) is 0 Å².